The molecule has 0 N–H and O–H groups in total. The second-order valence-corrected chi connectivity index (χ2v) is 6.08. The Morgan fingerprint density at radius 3 is 2.16 bits per heavy atom. The third kappa shape index (κ3) is 2.61. The predicted molar refractivity (Wildman–Crippen MR) is 92.9 cm³/mol. The first-order chi connectivity index (χ1) is 12.0. The molecule has 25 heavy (non-hydrogen) atoms. The number of benzene rings is 2. The number of esters is 1. The van der Waals surface area contributed by atoms with Crippen LogP contribution in [-0.4, -0.2) is 24.3 Å². The van der Waals surface area contributed by atoms with Crippen LogP contribution in [0.25, 0.3) is 0 Å². The van der Waals surface area contributed by atoms with Crippen LogP contribution in [0.4, 0.5) is 5.69 Å². The lowest BCUT2D eigenvalue weighted by Gasteiger charge is -2.32. The molecule has 1 amide bonds. The van der Waals surface area contributed by atoms with Gasteiger partial charge >= 0.3 is 5.97 Å². The fourth-order valence-electron chi connectivity index (χ4n) is 3.29. The van der Waals surface area contributed by atoms with Crippen LogP contribution in [0.2, 0.25) is 0 Å². The number of rotatable bonds is 4. The smallest absolute Gasteiger partial charge is 0.322 e. The molecule has 5 nitrogen and oxygen atoms in total. The summed E-state index contributed by atoms with van der Waals surface area (Å²) in [5, 5.41) is 0. The molecule has 1 saturated heterocycles. The first kappa shape index (κ1) is 16.9. The molecule has 2 aromatic carbocycles. The molecule has 0 bridgehead atoms. The summed E-state index contributed by atoms with van der Waals surface area (Å²) in [5.41, 5.74) is -0.312. The number of Topliss-reactive ketones (excluding diaryl/α,β-unsaturated/α-hetero) is 1. The third-order valence-corrected chi connectivity index (χ3v) is 4.54. The van der Waals surface area contributed by atoms with E-state index in [0.717, 1.165) is 0 Å². The van der Waals surface area contributed by atoms with E-state index in [2.05, 4.69) is 0 Å². The zero-order chi connectivity index (χ0) is 18.0. The maximum Gasteiger partial charge on any atom is 0.322 e. The molecular formula is C20H19NO4. The highest BCUT2D eigenvalue weighted by Crippen LogP contribution is 2.48. The maximum absolute atomic E-state index is 12.8. The Balaban J connectivity index is 2.20. The molecule has 2 aromatic rings. The molecule has 128 valence electrons. The molecule has 0 saturated carbocycles. The summed E-state index contributed by atoms with van der Waals surface area (Å²) in [6.45, 7) is 3.31. The lowest BCUT2D eigenvalue weighted by molar-refractivity contribution is -0.159. The number of carbonyl (C=O) groups excluding carboxylic acids is 3. The fourth-order valence-corrected chi connectivity index (χ4v) is 3.29. The summed E-state index contributed by atoms with van der Waals surface area (Å²) in [4.78, 5) is 39.7. The topological polar surface area (TPSA) is 63.7 Å². The molecule has 1 aliphatic heterocycles. The summed E-state index contributed by atoms with van der Waals surface area (Å²) in [6, 6.07) is 17.2. The van der Waals surface area contributed by atoms with Gasteiger partial charge in [0.2, 0.25) is 5.78 Å². The number of amides is 1. The molecule has 0 unspecified atom stereocenters. The van der Waals surface area contributed by atoms with E-state index in [4.69, 9.17) is 4.74 Å². The lowest BCUT2D eigenvalue weighted by Crippen LogP contribution is -2.40. The largest absolute Gasteiger partial charge is 0.465 e. The van der Waals surface area contributed by atoms with Crippen molar-refractivity contribution in [2.24, 2.45) is 5.41 Å². The van der Waals surface area contributed by atoms with Gasteiger partial charge in [-0.3, -0.25) is 19.3 Å². The number of anilines is 1. The van der Waals surface area contributed by atoms with Gasteiger partial charge < -0.3 is 4.74 Å². The van der Waals surface area contributed by atoms with Gasteiger partial charge in [0.25, 0.3) is 5.91 Å². The monoisotopic (exact) mass is 337 g/mol. The van der Waals surface area contributed by atoms with Crippen molar-refractivity contribution < 1.29 is 19.1 Å². The van der Waals surface area contributed by atoms with Crippen molar-refractivity contribution >= 4 is 23.3 Å². The van der Waals surface area contributed by atoms with Gasteiger partial charge in [-0.1, -0.05) is 48.5 Å². The first-order valence-electron chi connectivity index (χ1n) is 8.17. The molecule has 2 atom stereocenters. The van der Waals surface area contributed by atoms with Crippen LogP contribution < -0.4 is 4.90 Å². The van der Waals surface area contributed by atoms with Gasteiger partial charge in [0.1, 0.15) is 0 Å². The van der Waals surface area contributed by atoms with E-state index in [1.165, 1.54) is 11.8 Å². The Kier molecular flexibility index (Phi) is 4.40. The van der Waals surface area contributed by atoms with E-state index in [-0.39, 0.29) is 6.61 Å². The van der Waals surface area contributed by atoms with Crippen molar-refractivity contribution in [2.75, 3.05) is 11.5 Å². The number of carbonyl (C=O) groups is 3. The van der Waals surface area contributed by atoms with Crippen LogP contribution in [-0.2, 0) is 19.1 Å². The zero-order valence-corrected chi connectivity index (χ0v) is 14.1. The number of ketones is 1. The second kappa shape index (κ2) is 6.51. The minimum atomic E-state index is -1.59. The van der Waals surface area contributed by atoms with Crippen molar-refractivity contribution in [3.8, 4) is 0 Å². The minimum absolute atomic E-state index is 0.142. The molecule has 3 rings (SSSR count). The van der Waals surface area contributed by atoms with Gasteiger partial charge in [0.15, 0.2) is 5.41 Å². The Bertz CT molecular complexity index is 803. The average molecular weight is 337 g/mol. The van der Waals surface area contributed by atoms with Gasteiger partial charge in [-0.15, -0.1) is 0 Å². The zero-order valence-electron chi connectivity index (χ0n) is 14.1. The van der Waals surface area contributed by atoms with Crippen molar-refractivity contribution in [2.45, 2.75) is 19.9 Å². The van der Waals surface area contributed by atoms with E-state index in [9.17, 15) is 14.4 Å². The Labute approximate surface area is 146 Å². The standard InChI is InChI=1S/C20H19NO4/c1-3-25-19(24)20(2)16(14-10-6-4-7-11-14)21(18(23)17(20)22)15-12-8-5-9-13-15/h4-13,16H,3H2,1-2H3/t16-,20-/m1/s1. The number of ether oxygens (including phenoxy) is 1. The first-order valence-corrected chi connectivity index (χ1v) is 8.17. The molecule has 0 aliphatic carbocycles. The third-order valence-electron chi connectivity index (χ3n) is 4.54. The van der Waals surface area contributed by atoms with Crippen LogP contribution in [0, 0.1) is 5.41 Å². The van der Waals surface area contributed by atoms with E-state index < -0.39 is 29.1 Å². The molecular weight excluding hydrogens is 318 g/mol. The summed E-state index contributed by atoms with van der Waals surface area (Å²) in [5.74, 6) is -2.13. The van der Waals surface area contributed by atoms with Gasteiger partial charge in [0.05, 0.1) is 12.6 Å². The lowest BCUT2D eigenvalue weighted by atomic mass is 9.78. The van der Waals surface area contributed by atoms with Crippen LogP contribution in [0.1, 0.15) is 25.5 Å². The van der Waals surface area contributed by atoms with Crippen LogP contribution in [0.3, 0.4) is 0 Å². The quantitative estimate of drug-likeness (QED) is 0.489. The van der Waals surface area contributed by atoms with Crippen molar-refractivity contribution in [1.82, 2.24) is 0 Å². The average Bonchev–Trinajstić information content (AvgIpc) is 2.85. The van der Waals surface area contributed by atoms with Crippen molar-refractivity contribution in [3.63, 3.8) is 0 Å². The normalized spacial score (nSPS) is 23.0. The molecule has 1 fully saturated rings. The number of hydrogen-bond donors (Lipinski definition) is 0. The Morgan fingerprint density at radius 1 is 1.04 bits per heavy atom. The molecule has 1 heterocycles. The minimum Gasteiger partial charge on any atom is -0.465 e. The van der Waals surface area contributed by atoms with E-state index in [0.29, 0.717) is 11.3 Å². The second-order valence-electron chi connectivity index (χ2n) is 6.08. The summed E-state index contributed by atoms with van der Waals surface area (Å²) in [7, 11) is 0. The van der Waals surface area contributed by atoms with Crippen LogP contribution in [0.5, 0.6) is 0 Å². The summed E-state index contributed by atoms with van der Waals surface area (Å²) >= 11 is 0. The fraction of sp³-hybridized carbons (Fsp3) is 0.250. The van der Waals surface area contributed by atoms with Crippen LogP contribution >= 0.6 is 0 Å². The van der Waals surface area contributed by atoms with Crippen molar-refractivity contribution in [3.05, 3.63) is 66.2 Å². The van der Waals surface area contributed by atoms with Crippen LogP contribution in [0.15, 0.2) is 60.7 Å². The predicted octanol–water partition coefficient (Wildman–Crippen LogP) is 2.91. The van der Waals surface area contributed by atoms with Gasteiger partial charge in [0, 0.05) is 5.69 Å². The summed E-state index contributed by atoms with van der Waals surface area (Å²) in [6.07, 6.45) is 0. The maximum atomic E-state index is 12.8. The molecule has 0 radical (unpaired) electrons. The molecule has 0 spiro atoms. The molecule has 1 aliphatic rings. The van der Waals surface area contributed by atoms with Gasteiger partial charge in [-0.05, 0) is 31.5 Å². The SMILES string of the molecule is CCOC(=O)[C@@]1(C)C(=O)C(=O)N(c2ccccc2)[C@@H]1c1ccccc1. The number of hydrogen-bond acceptors (Lipinski definition) is 4. The number of para-hydroxylation sites is 1. The molecule has 0 aromatic heterocycles. The van der Waals surface area contributed by atoms with Gasteiger partial charge in [-0.2, -0.15) is 0 Å². The Hall–Kier alpha value is -2.95. The highest BCUT2D eigenvalue weighted by molar-refractivity contribution is 6.49. The summed E-state index contributed by atoms with van der Waals surface area (Å²) < 4.78 is 5.14. The highest BCUT2D eigenvalue weighted by atomic mass is 16.5. The Morgan fingerprint density at radius 2 is 1.60 bits per heavy atom. The highest BCUT2D eigenvalue weighted by Gasteiger charge is 2.62. The van der Waals surface area contributed by atoms with Crippen molar-refractivity contribution in [1.29, 1.82) is 0 Å². The molecule has 5 heteroatoms. The van der Waals surface area contributed by atoms with E-state index in [1.54, 1.807) is 31.2 Å². The number of nitrogens with zero attached hydrogens (tertiary/aromatic N) is 1. The van der Waals surface area contributed by atoms with E-state index >= 15 is 0 Å². The van der Waals surface area contributed by atoms with E-state index in [1.807, 2.05) is 36.4 Å². The van der Waals surface area contributed by atoms with Gasteiger partial charge in [-0.25, -0.2) is 0 Å².